The molecule has 10 heteroatoms. The van der Waals surface area contributed by atoms with Gasteiger partial charge in [-0.05, 0) is 59.8 Å². The molecule has 1 aliphatic rings. The SMILES string of the molecule is CCCOc1ccc2ccccc2c1/C=C1\SC(=S)N(NC(=O)Nc2ccc(Cl)c(Cl)c2)C1=O. The molecular weight excluding hydrogens is 513 g/mol. The number of ether oxygens (including phenoxy) is 1. The maximum atomic E-state index is 13.1. The Morgan fingerprint density at radius 3 is 2.71 bits per heavy atom. The number of nitrogens with zero attached hydrogens (tertiary/aromatic N) is 1. The van der Waals surface area contributed by atoms with Gasteiger partial charge < -0.3 is 10.1 Å². The van der Waals surface area contributed by atoms with Crippen LogP contribution in [0.5, 0.6) is 5.75 Å². The van der Waals surface area contributed by atoms with Crippen LogP contribution in [0.4, 0.5) is 10.5 Å². The van der Waals surface area contributed by atoms with Crippen molar-refractivity contribution in [2.45, 2.75) is 13.3 Å². The monoisotopic (exact) mass is 531 g/mol. The van der Waals surface area contributed by atoms with Gasteiger partial charge in [-0.3, -0.25) is 4.79 Å². The van der Waals surface area contributed by atoms with E-state index >= 15 is 0 Å². The molecule has 0 unspecified atom stereocenters. The lowest BCUT2D eigenvalue weighted by Crippen LogP contribution is -2.46. The molecule has 1 aliphatic heterocycles. The van der Waals surface area contributed by atoms with Gasteiger partial charge in [-0.2, -0.15) is 5.01 Å². The van der Waals surface area contributed by atoms with E-state index in [1.807, 2.05) is 43.3 Å². The summed E-state index contributed by atoms with van der Waals surface area (Å²) in [4.78, 5) is 25.9. The molecule has 0 saturated carbocycles. The number of halogens is 2. The Bertz CT molecular complexity index is 1330. The number of carbonyl (C=O) groups is 2. The number of benzene rings is 3. The average Bonchev–Trinajstić information content (AvgIpc) is 3.08. The zero-order valence-electron chi connectivity index (χ0n) is 17.9. The second kappa shape index (κ2) is 10.7. The van der Waals surface area contributed by atoms with Crippen LogP contribution in [-0.2, 0) is 4.79 Å². The van der Waals surface area contributed by atoms with Crippen LogP contribution >= 0.6 is 47.2 Å². The molecule has 0 aromatic heterocycles. The van der Waals surface area contributed by atoms with Gasteiger partial charge in [0.1, 0.15) is 5.75 Å². The summed E-state index contributed by atoms with van der Waals surface area (Å²) in [6.07, 6.45) is 2.61. The molecule has 0 aliphatic carbocycles. The smallest absolute Gasteiger partial charge is 0.338 e. The van der Waals surface area contributed by atoms with Crippen molar-refractivity contribution >= 4 is 86.0 Å². The van der Waals surface area contributed by atoms with Gasteiger partial charge in [0.25, 0.3) is 5.91 Å². The lowest BCUT2D eigenvalue weighted by Gasteiger charge is -2.16. The molecule has 174 valence electrons. The van der Waals surface area contributed by atoms with E-state index in [0.717, 1.165) is 39.5 Å². The molecule has 4 rings (SSSR count). The molecule has 34 heavy (non-hydrogen) atoms. The van der Waals surface area contributed by atoms with Gasteiger partial charge in [0.2, 0.25) is 0 Å². The highest BCUT2D eigenvalue weighted by molar-refractivity contribution is 8.26. The Labute approximate surface area is 216 Å². The molecule has 0 spiro atoms. The second-order valence-electron chi connectivity index (χ2n) is 7.26. The number of hydrogen-bond acceptors (Lipinski definition) is 5. The van der Waals surface area contributed by atoms with Gasteiger partial charge in [-0.15, -0.1) is 0 Å². The van der Waals surface area contributed by atoms with Gasteiger partial charge in [-0.1, -0.05) is 72.2 Å². The van der Waals surface area contributed by atoms with Gasteiger partial charge in [-0.25, -0.2) is 10.2 Å². The number of hydrogen-bond donors (Lipinski definition) is 2. The van der Waals surface area contributed by atoms with Crippen molar-refractivity contribution in [1.82, 2.24) is 10.4 Å². The van der Waals surface area contributed by atoms with Crippen LogP contribution in [0.3, 0.4) is 0 Å². The number of carbonyl (C=O) groups excluding carboxylic acids is 2. The van der Waals surface area contributed by atoms with E-state index in [1.54, 1.807) is 18.2 Å². The summed E-state index contributed by atoms with van der Waals surface area (Å²) in [5.41, 5.74) is 3.69. The minimum Gasteiger partial charge on any atom is -0.493 e. The van der Waals surface area contributed by atoms with Crippen LogP contribution in [-0.4, -0.2) is 27.9 Å². The fourth-order valence-electron chi connectivity index (χ4n) is 3.29. The molecule has 1 saturated heterocycles. The third-order valence-electron chi connectivity index (χ3n) is 4.85. The quantitative estimate of drug-likeness (QED) is 0.268. The number of amides is 3. The summed E-state index contributed by atoms with van der Waals surface area (Å²) in [5.74, 6) is 0.241. The standard InChI is InChI=1S/C24H19Cl2N3O3S2/c1-2-11-32-20-10-7-14-5-3-4-6-16(14)17(20)13-21-22(30)29(24(33)34-21)28-23(31)27-15-8-9-18(25)19(26)12-15/h3-10,12-13H,2,11H2,1H3,(H2,27,28,31)/b21-13-. The maximum absolute atomic E-state index is 13.1. The Kier molecular flexibility index (Phi) is 7.63. The van der Waals surface area contributed by atoms with E-state index in [4.69, 9.17) is 40.2 Å². The third-order valence-corrected chi connectivity index (χ3v) is 6.89. The van der Waals surface area contributed by atoms with Crippen LogP contribution in [0.25, 0.3) is 16.8 Å². The zero-order chi connectivity index (χ0) is 24.2. The number of anilines is 1. The number of thioether (sulfide) groups is 1. The van der Waals surface area contributed by atoms with E-state index in [-0.39, 0.29) is 4.32 Å². The van der Waals surface area contributed by atoms with Crippen LogP contribution in [0.2, 0.25) is 10.0 Å². The van der Waals surface area contributed by atoms with E-state index < -0.39 is 11.9 Å². The molecule has 3 aromatic carbocycles. The average molecular weight is 532 g/mol. The third kappa shape index (κ3) is 5.31. The summed E-state index contributed by atoms with van der Waals surface area (Å²) in [5, 5.41) is 6.27. The number of thiocarbonyl (C=S) groups is 1. The Balaban J connectivity index is 1.57. The van der Waals surface area contributed by atoms with Crippen molar-refractivity contribution in [2.75, 3.05) is 11.9 Å². The first-order valence-corrected chi connectivity index (χ1v) is 12.3. The summed E-state index contributed by atoms with van der Waals surface area (Å²) in [6, 6.07) is 15.8. The summed E-state index contributed by atoms with van der Waals surface area (Å²) in [6.45, 7) is 2.58. The number of nitrogens with one attached hydrogen (secondary N) is 2. The molecule has 1 heterocycles. The fourth-order valence-corrected chi connectivity index (χ4v) is 4.75. The Hall–Kier alpha value is -2.78. The summed E-state index contributed by atoms with van der Waals surface area (Å²) in [7, 11) is 0. The Morgan fingerprint density at radius 2 is 1.94 bits per heavy atom. The van der Waals surface area contributed by atoms with Crippen LogP contribution in [0.15, 0.2) is 59.5 Å². The van der Waals surface area contributed by atoms with Crippen molar-refractivity contribution in [3.63, 3.8) is 0 Å². The lowest BCUT2D eigenvalue weighted by molar-refractivity contribution is -0.123. The number of hydrazine groups is 1. The highest BCUT2D eigenvalue weighted by atomic mass is 35.5. The van der Waals surface area contributed by atoms with Crippen molar-refractivity contribution in [1.29, 1.82) is 0 Å². The maximum Gasteiger partial charge on any atom is 0.338 e. The minimum atomic E-state index is -0.645. The second-order valence-corrected chi connectivity index (χ2v) is 9.75. The highest BCUT2D eigenvalue weighted by Crippen LogP contribution is 2.36. The zero-order valence-corrected chi connectivity index (χ0v) is 21.1. The predicted molar refractivity (Wildman–Crippen MR) is 143 cm³/mol. The van der Waals surface area contributed by atoms with Crippen molar-refractivity contribution in [2.24, 2.45) is 0 Å². The Morgan fingerprint density at radius 1 is 1.15 bits per heavy atom. The van der Waals surface area contributed by atoms with Crippen molar-refractivity contribution < 1.29 is 14.3 Å². The van der Waals surface area contributed by atoms with Crippen molar-refractivity contribution in [3.05, 3.63) is 75.1 Å². The molecule has 3 amide bonds. The predicted octanol–water partition coefficient (Wildman–Crippen LogP) is 6.87. The normalized spacial score (nSPS) is 14.7. The largest absolute Gasteiger partial charge is 0.493 e. The van der Waals surface area contributed by atoms with Crippen LogP contribution < -0.4 is 15.5 Å². The van der Waals surface area contributed by atoms with Gasteiger partial charge >= 0.3 is 6.03 Å². The van der Waals surface area contributed by atoms with E-state index in [0.29, 0.717) is 33.0 Å². The summed E-state index contributed by atoms with van der Waals surface area (Å²) >= 11 is 18.3. The van der Waals surface area contributed by atoms with Crippen LogP contribution in [0, 0.1) is 0 Å². The van der Waals surface area contributed by atoms with E-state index in [9.17, 15) is 9.59 Å². The van der Waals surface area contributed by atoms with Gasteiger partial charge in [0, 0.05) is 11.3 Å². The molecule has 1 fully saturated rings. The number of fused-ring (bicyclic) bond motifs is 1. The lowest BCUT2D eigenvalue weighted by atomic mass is 10.0. The van der Waals surface area contributed by atoms with E-state index in [2.05, 4.69) is 10.7 Å². The highest BCUT2D eigenvalue weighted by Gasteiger charge is 2.34. The first-order chi connectivity index (χ1) is 16.4. The molecule has 0 bridgehead atoms. The molecular formula is C24H19Cl2N3O3S2. The summed E-state index contributed by atoms with van der Waals surface area (Å²) < 4.78 is 6.14. The molecule has 2 N–H and O–H groups in total. The molecule has 3 aromatic rings. The topological polar surface area (TPSA) is 70.7 Å². The number of urea groups is 1. The molecule has 6 nitrogen and oxygen atoms in total. The van der Waals surface area contributed by atoms with E-state index in [1.165, 1.54) is 6.07 Å². The number of rotatable bonds is 6. The molecule has 0 atom stereocenters. The van der Waals surface area contributed by atoms with Crippen molar-refractivity contribution in [3.8, 4) is 5.75 Å². The minimum absolute atomic E-state index is 0.205. The fraction of sp³-hybridized carbons (Fsp3) is 0.125. The molecule has 0 radical (unpaired) electrons. The van der Waals surface area contributed by atoms with Gasteiger partial charge in [0.05, 0.1) is 21.6 Å². The first-order valence-electron chi connectivity index (χ1n) is 10.3. The van der Waals surface area contributed by atoms with Crippen LogP contribution in [0.1, 0.15) is 18.9 Å². The van der Waals surface area contributed by atoms with Gasteiger partial charge in [0.15, 0.2) is 4.32 Å². The first kappa shape index (κ1) is 24.3.